The van der Waals surface area contributed by atoms with E-state index in [2.05, 4.69) is 16.9 Å². The molecular formula is C10H16N2S2. The predicted octanol–water partition coefficient (Wildman–Crippen LogP) is 1.65. The second kappa shape index (κ2) is 2.79. The quantitative estimate of drug-likeness (QED) is 0.702. The Labute approximate surface area is 94.6 Å². The highest BCUT2D eigenvalue weighted by Gasteiger charge is 2.56. The van der Waals surface area contributed by atoms with Crippen LogP contribution in [0.25, 0.3) is 0 Å². The molecule has 3 rings (SSSR count). The fraction of sp³-hybridized carbons (Fsp3) is 0.900. The summed E-state index contributed by atoms with van der Waals surface area (Å²) in [5.41, 5.74) is 0.401. The van der Waals surface area contributed by atoms with Gasteiger partial charge in [-0.05, 0) is 50.6 Å². The molecule has 2 saturated carbocycles. The van der Waals surface area contributed by atoms with Crippen LogP contribution in [0.5, 0.6) is 0 Å². The zero-order chi connectivity index (χ0) is 9.81. The van der Waals surface area contributed by atoms with Crippen molar-refractivity contribution >= 4 is 29.1 Å². The Morgan fingerprint density at radius 2 is 2.07 bits per heavy atom. The van der Waals surface area contributed by atoms with E-state index in [4.69, 9.17) is 12.2 Å². The molecule has 1 saturated heterocycles. The van der Waals surface area contributed by atoms with Crippen molar-refractivity contribution in [3.8, 4) is 0 Å². The standard InChI is InChI=1S/C10H16N2S2/c1-14-10(4-5-10)7-6-9(2-3-9)12-8(13)11-7/h7H,2-6H2,1H3,(H2,11,12,13). The van der Waals surface area contributed by atoms with Crippen LogP contribution in [0.15, 0.2) is 0 Å². The van der Waals surface area contributed by atoms with Crippen LogP contribution in [0.4, 0.5) is 0 Å². The van der Waals surface area contributed by atoms with Crippen molar-refractivity contribution in [2.45, 2.75) is 48.4 Å². The minimum Gasteiger partial charge on any atom is -0.359 e. The summed E-state index contributed by atoms with van der Waals surface area (Å²) in [5, 5.41) is 7.78. The lowest BCUT2D eigenvalue weighted by molar-refractivity contribution is 0.394. The lowest BCUT2D eigenvalue weighted by Crippen LogP contribution is -2.59. The summed E-state index contributed by atoms with van der Waals surface area (Å²) >= 11 is 7.31. The second-order valence-corrected chi connectivity index (χ2v) is 6.53. The number of nitrogens with one attached hydrogen (secondary N) is 2. The molecule has 4 heteroatoms. The van der Waals surface area contributed by atoms with Crippen molar-refractivity contribution < 1.29 is 0 Å². The number of hydrogen-bond donors (Lipinski definition) is 2. The van der Waals surface area contributed by atoms with Crippen LogP contribution in [0.3, 0.4) is 0 Å². The van der Waals surface area contributed by atoms with E-state index in [0.29, 0.717) is 16.3 Å². The van der Waals surface area contributed by atoms with Gasteiger partial charge in [0.2, 0.25) is 0 Å². The summed E-state index contributed by atoms with van der Waals surface area (Å²) in [5.74, 6) is 0. The van der Waals surface area contributed by atoms with E-state index in [1.54, 1.807) is 0 Å². The van der Waals surface area contributed by atoms with Gasteiger partial charge in [-0.15, -0.1) is 0 Å². The van der Waals surface area contributed by atoms with Crippen molar-refractivity contribution in [3.63, 3.8) is 0 Å². The molecule has 3 fully saturated rings. The molecule has 0 radical (unpaired) electrons. The first-order chi connectivity index (χ1) is 6.68. The van der Waals surface area contributed by atoms with Crippen LogP contribution < -0.4 is 10.6 Å². The second-order valence-electron chi connectivity index (χ2n) is 4.90. The summed E-state index contributed by atoms with van der Waals surface area (Å²) < 4.78 is 0.516. The highest BCUT2D eigenvalue weighted by atomic mass is 32.2. The SMILES string of the molecule is CSC1(C2CC3(CC3)NC(=S)N2)CC1. The van der Waals surface area contributed by atoms with E-state index in [0.717, 1.165) is 5.11 Å². The van der Waals surface area contributed by atoms with Crippen molar-refractivity contribution in [1.82, 2.24) is 10.6 Å². The van der Waals surface area contributed by atoms with Crippen LogP contribution in [0, 0.1) is 0 Å². The molecule has 3 aliphatic rings. The fourth-order valence-corrected chi connectivity index (χ4v) is 3.84. The van der Waals surface area contributed by atoms with E-state index in [9.17, 15) is 0 Å². The fourth-order valence-electron chi connectivity index (χ4n) is 2.54. The molecule has 0 aromatic rings. The molecule has 1 spiro atoms. The lowest BCUT2D eigenvalue weighted by atomic mass is 9.98. The number of thiocarbonyl (C=S) groups is 1. The molecule has 0 aromatic carbocycles. The first kappa shape index (κ1) is 9.28. The van der Waals surface area contributed by atoms with Crippen molar-refractivity contribution in [2.75, 3.05) is 6.26 Å². The zero-order valence-corrected chi connectivity index (χ0v) is 10.1. The van der Waals surface area contributed by atoms with Gasteiger partial charge in [0, 0.05) is 16.3 Å². The van der Waals surface area contributed by atoms with Gasteiger partial charge in [-0.2, -0.15) is 11.8 Å². The van der Waals surface area contributed by atoms with Crippen LogP contribution in [-0.4, -0.2) is 27.7 Å². The largest absolute Gasteiger partial charge is 0.359 e. The smallest absolute Gasteiger partial charge is 0.166 e. The first-order valence-corrected chi connectivity index (χ1v) is 6.95. The first-order valence-electron chi connectivity index (χ1n) is 5.32. The average Bonchev–Trinajstić information content (AvgIpc) is 3.01. The number of hydrogen-bond acceptors (Lipinski definition) is 2. The normalized spacial score (nSPS) is 36.1. The molecule has 14 heavy (non-hydrogen) atoms. The third-order valence-corrected chi connectivity index (χ3v) is 5.64. The van der Waals surface area contributed by atoms with Gasteiger partial charge in [-0.3, -0.25) is 0 Å². The van der Waals surface area contributed by atoms with Crippen LogP contribution in [0.2, 0.25) is 0 Å². The van der Waals surface area contributed by atoms with Crippen LogP contribution in [0.1, 0.15) is 32.1 Å². The Morgan fingerprint density at radius 1 is 1.36 bits per heavy atom. The van der Waals surface area contributed by atoms with Gasteiger partial charge in [0.05, 0.1) is 0 Å². The molecular weight excluding hydrogens is 212 g/mol. The van der Waals surface area contributed by atoms with Crippen molar-refractivity contribution in [2.24, 2.45) is 0 Å². The predicted molar refractivity (Wildman–Crippen MR) is 64.7 cm³/mol. The van der Waals surface area contributed by atoms with Crippen molar-refractivity contribution in [1.29, 1.82) is 0 Å². The van der Waals surface area contributed by atoms with Gasteiger partial charge >= 0.3 is 0 Å². The number of thioether (sulfide) groups is 1. The Hall–Kier alpha value is 0.0400. The molecule has 1 aliphatic heterocycles. The molecule has 0 bridgehead atoms. The molecule has 1 atom stereocenters. The Bertz CT molecular complexity index is 282. The van der Waals surface area contributed by atoms with Gasteiger partial charge < -0.3 is 10.6 Å². The topological polar surface area (TPSA) is 24.1 Å². The summed E-state index contributed by atoms with van der Waals surface area (Å²) in [6.45, 7) is 0. The number of rotatable bonds is 2. The lowest BCUT2D eigenvalue weighted by Gasteiger charge is -2.37. The zero-order valence-electron chi connectivity index (χ0n) is 8.43. The molecule has 0 aromatic heterocycles. The summed E-state index contributed by atoms with van der Waals surface area (Å²) in [4.78, 5) is 0. The van der Waals surface area contributed by atoms with Gasteiger partial charge in [0.1, 0.15) is 0 Å². The monoisotopic (exact) mass is 228 g/mol. The van der Waals surface area contributed by atoms with E-state index in [1.165, 1.54) is 32.1 Å². The highest BCUT2D eigenvalue weighted by molar-refractivity contribution is 8.00. The molecule has 2 nitrogen and oxygen atoms in total. The van der Waals surface area contributed by atoms with Crippen molar-refractivity contribution in [3.05, 3.63) is 0 Å². The molecule has 1 unspecified atom stereocenters. The Kier molecular flexibility index (Phi) is 1.85. The van der Waals surface area contributed by atoms with E-state index < -0.39 is 0 Å². The van der Waals surface area contributed by atoms with E-state index in [-0.39, 0.29) is 0 Å². The maximum Gasteiger partial charge on any atom is 0.166 e. The van der Waals surface area contributed by atoms with Crippen LogP contribution >= 0.6 is 24.0 Å². The molecule has 2 N–H and O–H groups in total. The minimum absolute atomic E-state index is 0.401. The highest BCUT2D eigenvalue weighted by Crippen LogP contribution is 2.54. The van der Waals surface area contributed by atoms with Gasteiger partial charge in [-0.1, -0.05) is 0 Å². The summed E-state index contributed by atoms with van der Waals surface area (Å²) in [6.07, 6.45) is 8.87. The van der Waals surface area contributed by atoms with Gasteiger partial charge in [-0.25, -0.2) is 0 Å². The van der Waals surface area contributed by atoms with Gasteiger partial charge in [0.15, 0.2) is 5.11 Å². The molecule has 78 valence electrons. The Morgan fingerprint density at radius 3 is 2.57 bits per heavy atom. The van der Waals surface area contributed by atoms with Gasteiger partial charge in [0.25, 0.3) is 0 Å². The maximum absolute atomic E-state index is 5.28. The average molecular weight is 228 g/mol. The molecule has 1 heterocycles. The Balaban J connectivity index is 1.77. The third kappa shape index (κ3) is 1.34. The van der Waals surface area contributed by atoms with E-state index >= 15 is 0 Å². The molecule has 2 aliphatic carbocycles. The third-order valence-electron chi connectivity index (χ3n) is 3.92. The summed E-state index contributed by atoms with van der Waals surface area (Å²) in [6, 6.07) is 0.619. The minimum atomic E-state index is 0.401. The maximum atomic E-state index is 5.28. The van der Waals surface area contributed by atoms with Crippen LogP contribution in [-0.2, 0) is 0 Å². The van der Waals surface area contributed by atoms with E-state index in [1.807, 2.05) is 11.8 Å². The summed E-state index contributed by atoms with van der Waals surface area (Å²) in [7, 11) is 0. The molecule has 0 amide bonds.